The Morgan fingerprint density at radius 3 is 3.08 bits per heavy atom. The number of carbonyl (C=O) groups is 1. The molecule has 26 heavy (non-hydrogen) atoms. The second-order valence-electron chi connectivity index (χ2n) is 6.24. The molecule has 0 radical (unpaired) electrons. The number of amides is 1. The predicted octanol–water partition coefficient (Wildman–Crippen LogP) is 3.09. The van der Waals surface area contributed by atoms with E-state index < -0.39 is 11.7 Å². The minimum atomic E-state index is -0.427. The van der Waals surface area contributed by atoms with Crippen LogP contribution in [0.4, 0.5) is 4.39 Å². The van der Waals surface area contributed by atoms with Gasteiger partial charge < -0.3 is 16.4 Å². The summed E-state index contributed by atoms with van der Waals surface area (Å²) in [5, 5.41) is 6.07. The Labute approximate surface area is 174 Å². The zero-order valence-corrected chi connectivity index (χ0v) is 17.6. The minimum Gasteiger partial charge on any atom is -0.379 e. The van der Waals surface area contributed by atoms with Crippen molar-refractivity contribution >= 4 is 57.0 Å². The number of nitrogens with two attached hydrogens (primary N) is 1. The number of halogens is 3. The van der Waals surface area contributed by atoms with Crippen molar-refractivity contribution in [2.45, 2.75) is 23.9 Å². The van der Waals surface area contributed by atoms with Crippen LogP contribution in [0, 0.1) is 5.92 Å². The van der Waals surface area contributed by atoms with Gasteiger partial charge in [-0.15, -0.1) is 0 Å². The van der Waals surface area contributed by atoms with Crippen LogP contribution >= 0.6 is 46.0 Å². The number of thioether (sulfide) groups is 1. The molecule has 0 aromatic rings. The fourth-order valence-electron chi connectivity index (χ4n) is 3.07. The van der Waals surface area contributed by atoms with Crippen molar-refractivity contribution in [3.63, 3.8) is 0 Å². The molecule has 0 aromatic carbocycles. The Balaban J connectivity index is 1.80. The molecule has 140 valence electrons. The lowest BCUT2D eigenvalue weighted by atomic mass is 9.79. The van der Waals surface area contributed by atoms with E-state index in [4.69, 9.17) is 17.3 Å². The van der Waals surface area contributed by atoms with Gasteiger partial charge in [-0.25, -0.2) is 4.39 Å². The Morgan fingerprint density at radius 2 is 2.42 bits per heavy atom. The van der Waals surface area contributed by atoms with Gasteiger partial charge in [0.2, 0.25) is 0 Å². The van der Waals surface area contributed by atoms with Gasteiger partial charge >= 0.3 is 0 Å². The minimum absolute atomic E-state index is 0.0186. The van der Waals surface area contributed by atoms with Crippen molar-refractivity contribution in [3.05, 3.63) is 47.6 Å². The average molecular weight is 509 g/mol. The van der Waals surface area contributed by atoms with E-state index in [1.807, 2.05) is 0 Å². The molecule has 0 spiro atoms. The second kappa shape index (κ2) is 8.35. The summed E-state index contributed by atoms with van der Waals surface area (Å²) in [4.78, 5) is 17.1. The Bertz CT molecular complexity index is 751. The molecule has 0 bridgehead atoms. The van der Waals surface area contributed by atoms with Crippen LogP contribution in [0.15, 0.2) is 52.6 Å². The molecular formula is C17H19ClFIN4OS. The molecule has 2 aliphatic heterocycles. The summed E-state index contributed by atoms with van der Waals surface area (Å²) in [5.74, 6) is 0.0526. The molecule has 4 N–H and O–H groups in total. The number of dihydropyridines is 1. The molecule has 0 fully saturated rings. The van der Waals surface area contributed by atoms with Gasteiger partial charge in [0.1, 0.15) is 11.3 Å². The number of amidine groups is 1. The van der Waals surface area contributed by atoms with E-state index in [1.165, 1.54) is 12.3 Å². The summed E-state index contributed by atoms with van der Waals surface area (Å²) in [6.45, 7) is 0. The topological polar surface area (TPSA) is 79.5 Å². The molecular weight excluding hydrogens is 490 g/mol. The van der Waals surface area contributed by atoms with Gasteiger partial charge in [0.05, 0.1) is 16.8 Å². The largest absolute Gasteiger partial charge is 0.379 e. The first-order chi connectivity index (χ1) is 12.4. The first-order valence-electron chi connectivity index (χ1n) is 8.15. The van der Waals surface area contributed by atoms with Crippen LogP contribution in [0.25, 0.3) is 0 Å². The van der Waals surface area contributed by atoms with Crippen LogP contribution in [0.5, 0.6) is 0 Å². The highest BCUT2D eigenvalue weighted by atomic mass is 127. The second-order valence-corrected chi connectivity index (χ2v) is 8.59. The highest BCUT2D eigenvalue weighted by Crippen LogP contribution is 2.40. The van der Waals surface area contributed by atoms with E-state index >= 15 is 0 Å². The van der Waals surface area contributed by atoms with Crippen LogP contribution < -0.4 is 16.4 Å². The third kappa shape index (κ3) is 4.28. The van der Waals surface area contributed by atoms with Crippen molar-refractivity contribution in [2.75, 3.05) is 10.2 Å². The van der Waals surface area contributed by atoms with Gasteiger partial charge in [-0.3, -0.25) is 9.79 Å². The fraction of sp³-hybridized carbons (Fsp3) is 0.412. The maximum absolute atomic E-state index is 14.3. The van der Waals surface area contributed by atoms with Crippen molar-refractivity contribution < 1.29 is 9.18 Å². The third-order valence-electron chi connectivity index (χ3n) is 4.57. The number of allylic oxidation sites excluding steroid dienone is 2. The van der Waals surface area contributed by atoms with Crippen molar-refractivity contribution in [1.29, 1.82) is 0 Å². The van der Waals surface area contributed by atoms with Crippen LogP contribution in [0.1, 0.15) is 12.8 Å². The number of hydrogen-bond donors (Lipinski definition) is 3. The van der Waals surface area contributed by atoms with E-state index in [0.717, 1.165) is 16.6 Å². The van der Waals surface area contributed by atoms with Crippen molar-refractivity contribution in [2.24, 2.45) is 16.6 Å². The molecule has 2 heterocycles. The molecule has 0 saturated heterocycles. The van der Waals surface area contributed by atoms with Gasteiger partial charge in [0, 0.05) is 22.3 Å². The number of rotatable bonds is 4. The SMILES string of the molecule is NC1=NC(CI)(C2C=C(NC(=O)C3=CNC(Cl)C=C3)C(F)=CC2)CCS1. The lowest BCUT2D eigenvalue weighted by molar-refractivity contribution is -0.116. The number of hydrogen-bond acceptors (Lipinski definition) is 5. The normalized spacial score (nSPS) is 31.2. The van der Waals surface area contributed by atoms with Crippen molar-refractivity contribution in [1.82, 2.24) is 10.6 Å². The number of alkyl halides is 2. The molecule has 1 aliphatic carbocycles. The van der Waals surface area contributed by atoms with E-state index in [1.54, 1.807) is 30.0 Å². The van der Waals surface area contributed by atoms with Gasteiger partial charge in [-0.05, 0) is 31.1 Å². The number of carbonyl (C=O) groups excluding carboxylic acids is 1. The predicted molar refractivity (Wildman–Crippen MR) is 114 cm³/mol. The molecule has 3 rings (SSSR count). The molecule has 3 unspecified atom stereocenters. The molecule has 5 nitrogen and oxygen atoms in total. The lowest BCUT2D eigenvalue weighted by Gasteiger charge is -2.38. The summed E-state index contributed by atoms with van der Waals surface area (Å²) in [7, 11) is 0. The van der Waals surface area contributed by atoms with Gasteiger partial charge in [0.25, 0.3) is 5.91 Å². The van der Waals surface area contributed by atoms with E-state index in [-0.39, 0.29) is 22.7 Å². The molecule has 3 aliphatic rings. The zero-order valence-electron chi connectivity index (χ0n) is 13.8. The Hall–Kier alpha value is -1.00. The lowest BCUT2D eigenvalue weighted by Crippen LogP contribution is -2.43. The monoisotopic (exact) mass is 508 g/mol. The molecule has 9 heteroatoms. The maximum atomic E-state index is 14.3. The number of nitrogens with zero attached hydrogens (tertiary/aromatic N) is 1. The highest BCUT2D eigenvalue weighted by Gasteiger charge is 2.40. The maximum Gasteiger partial charge on any atom is 0.257 e. The quantitative estimate of drug-likeness (QED) is 0.310. The van der Waals surface area contributed by atoms with Crippen molar-refractivity contribution in [3.8, 4) is 0 Å². The molecule has 1 amide bonds. The molecule has 0 saturated carbocycles. The first kappa shape index (κ1) is 19.8. The Morgan fingerprint density at radius 1 is 1.62 bits per heavy atom. The van der Waals surface area contributed by atoms with Crippen LogP contribution in [0.3, 0.4) is 0 Å². The standard InChI is InChI=1S/C17H19ClFIN4OS/c18-14-4-1-10(8-22-14)15(25)23-13-7-11(2-3-12(13)19)17(9-20)5-6-26-16(21)24-17/h1,3-4,7-8,11,14,22H,2,5-6,9H2,(H2,21,24)(H,23,25). The van der Waals surface area contributed by atoms with E-state index in [9.17, 15) is 9.18 Å². The van der Waals surface area contributed by atoms with Crippen LogP contribution in [-0.4, -0.2) is 32.3 Å². The van der Waals surface area contributed by atoms with Gasteiger partial charge in [0.15, 0.2) is 5.17 Å². The smallest absolute Gasteiger partial charge is 0.257 e. The average Bonchev–Trinajstić information content (AvgIpc) is 2.64. The number of nitrogens with one attached hydrogen (secondary N) is 2. The first-order valence-corrected chi connectivity index (χ1v) is 11.1. The summed E-state index contributed by atoms with van der Waals surface area (Å²) >= 11 is 9.72. The Kier molecular flexibility index (Phi) is 6.34. The molecule has 0 aromatic heterocycles. The van der Waals surface area contributed by atoms with Crippen LogP contribution in [-0.2, 0) is 4.79 Å². The van der Waals surface area contributed by atoms with Gasteiger partial charge in [-0.1, -0.05) is 52.0 Å². The zero-order chi connectivity index (χ0) is 18.7. The summed E-state index contributed by atoms with van der Waals surface area (Å²) in [6.07, 6.45) is 9.49. The van der Waals surface area contributed by atoms with Gasteiger partial charge in [-0.2, -0.15) is 0 Å². The summed E-state index contributed by atoms with van der Waals surface area (Å²) < 4.78 is 15.1. The number of aliphatic imine (C=N–C) groups is 1. The third-order valence-corrected chi connectivity index (χ3v) is 6.96. The van der Waals surface area contributed by atoms with E-state index in [0.29, 0.717) is 17.2 Å². The summed E-state index contributed by atoms with van der Waals surface area (Å²) in [6, 6.07) is 0. The highest BCUT2D eigenvalue weighted by molar-refractivity contribution is 14.1. The van der Waals surface area contributed by atoms with Crippen LogP contribution in [0.2, 0.25) is 0 Å². The summed E-state index contributed by atoms with van der Waals surface area (Å²) in [5.41, 5.74) is 5.80. The van der Waals surface area contributed by atoms with E-state index in [2.05, 4.69) is 38.2 Å². The fourth-order valence-corrected chi connectivity index (χ4v) is 5.23. The molecule has 3 atom stereocenters.